The molecule has 0 amide bonds. The fourth-order valence-corrected chi connectivity index (χ4v) is 3.65. The van der Waals surface area contributed by atoms with Crippen molar-refractivity contribution in [1.82, 2.24) is 0 Å². The second-order valence-electron chi connectivity index (χ2n) is 6.68. The number of carbonyl (C=O) groups excluding carboxylic acids is 2. The Morgan fingerprint density at radius 2 is 0.969 bits per heavy atom. The third-order valence-electron chi connectivity index (χ3n) is 4.82. The van der Waals surface area contributed by atoms with E-state index in [1.807, 2.05) is 23.6 Å². The number of nitrogens with zero attached hydrogens (tertiary/aromatic N) is 2. The summed E-state index contributed by atoms with van der Waals surface area (Å²) in [7, 11) is -4.51. The number of benzene rings is 2. The van der Waals surface area contributed by atoms with Crippen molar-refractivity contribution in [2.45, 2.75) is 13.8 Å². The summed E-state index contributed by atoms with van der Waals surface area (Å²) in [4.78, 5) is 28.9. The van der Waals surface area contributed by atoms with Crippen LogP contribution < -0.4 is 9.80 Å². The predicted molar refractivity (Wildman–Crippen MR) is 127 cm³/mol. The molecule has 2 aromatic rings. The SMILES string of the molecule is CCN(CC=S(=O)=O)c1ccc(C(=O)C(=O)c2ccc(N(CC)CC=S(=O)=O)cc2)cc1. The maximum absolute atomic E-state index is 12.6. The van der Waals surface area contributed by atoms with E-state index in [4.69, 9.17) is 0 Å². The standard InChI is InChI=1S/C22H24N2O6S2/c1-3-23(13-15-31(27)28)19-9-5-17(6-10-19)21(25)22(26)18-7-11-20(12-8-18)24(4-2)14-16-32(29)30/h5-12,15-16H,3-4,13-14H2,1-2H3. The van der Waals surface area contributed by atoms with E-state index in [1.54, 1.807) is 48.5 Å². The quantitative estimate of drug-likeness (QED) is 0.274. The zero-order valence-corrected chi connectivity index (χ0v) is 19.4. The molecular formula is C22H24N2O6S2. The van der Waals surface area contributed by atoms with Gasteiger partial charge >= 0.3 is 0 Å². The molecular weight excluding hydrogens is 452 g/mol. The number of ketones is 2. The van der Waals surface area contributed by atoms with Gasteiger partial charge in [-0.05, 0) is 62.4 Å². The Bertz CT molecular complexity index is 1120. The Kier molecular flexibility index (Phi) is 9.36. The van der Waals surface area contributed by atoms with Crippen molar-refractivity contribution < 1.29 is 26.4 Å². The fourth-order valence-electron chi connectivity index (χ4n) is 3.05. The van der Waals surface area contributed by atoms with Crippen molar-refractivity contribution in [3.05, 3.63) is 59.7 Å². The Labute approximate surface area is 190 Å². The summed E-state index contributed by atoms with van der Waals surface area (Å²) < 4.78 is 43.0. The molecule has 32 heavy (non-hydrogen) atoms. The number of hydrogen-bond donors (Lipinski definition) is 0. The lowest BCUT2D eigenvalue weighted by molar-refractivity contribution is 0.0817. The van der Waals surface area contributed by atoms with Crippen molar-refractivity contribution in [3.63, 3.8) is 0 Å². The Morgan fingerprint density at radius 1 is 0.656 bits per heavy atom. The number of hydrogen-bond acceptors (Lipinski definition) is 8. The second kappa shape index (κ2) is 12.0. The van der Waals surface area contributed by atoms with E-state index in [0.717, 1.165) is 22.1 Å². The summed E-state index contributed by atoms with van der Waals surface area (Å²) in [6, 6.07) is 12.8. The molecule has 0 spiro atoms. The third-order valence-corrected chi connectivity index (χ3v) is 5.66. The maximum atomic E-state index is 12.6. The van der Waals surface area contributed by atoms with Crippen molar-refractivity contribution >= 4 is 54.3 Å². The first kappa shape index (κ1) is 25.0. The highest BCUT2D eigenvalue weighted by atomic mass is 32.2. The molecule has 0 unspecified atom stereocenters. The van der Waals surface area contributed by atoms with Crippen molar-refractivity contribution in [1.29, 1.82) is 0 Å². The van der Waals surface area contributed by atoms with Crippen LogP contribution in [-0.4, -0.2) is 65.3 Å². The molecule has 170 valence electrons. The van der Waals surface area contributed by atoms with Gasteiger partial charge in [-0.15, -0.1) is 0 Å². The Balaban J connectivity index is 2.15. The van der Waals surface area contributed by atoms with Crippen LogP contribution in [0.15, 0.2) is 48.5 Å². The lowest BCUT2D eigenvalue weighted by Gasteiger charge is -2.21. The summed E-state index contributed by atoms with van der Waals surface area (Å²) in [5.74, 6) is -1.30. The maximum Gasteiger partial charge on any atom is 0.233 e. The topological polar surface area (TPSA) is 109 Å². The van der Waals surface area contributed by atoms with Gasteiger partial charge in [0.1, 0.15) is 0 Å². The molecule has 0 aliphatic carbocycles. The molecule has 0 aliphatic heterocycles. The van der Waals surface area contributed by atoms with E-state index in [2.05, 4.69) is 0 Å². The molecule has 0 saturated heterocycles. The number of rotatable bonds is 11. The lowest BCUT2D eigenvalue weighted by Crippen LogP contribution is -2.25. The third kappa shape index (κ3) is 6.89. The van der Waals surface area contributed by atoms with Crippen LogP contribution in [0, 0.1) is 0 Å². The second-order valence-corrected chi connectivity index (χ2v) is 8.39. The monoisotopic (exact) mass is 476 g/mol. The average molecular weight is 477 g/mol. The average Bonchev–Trinajstić information content (AvgIpc) is 2.79. The van der Waals surface area contributed by atoms with Gasteiger partial charge in [0.15, 0.2) is 0 Å². The number of Topliss-reactive ketones (excluding diaryl/α,β-unsaturated/α-hetero) is 2. The number of anilines is 2. The summed E-state index contributed by atoms with van der Waals surface area (Å²) >= 11 is 0. The van der Waals surface area contributed by atoms with Gasteiger partial charge in [0.05, 0.1) is 23.8 Å². The van der Waals surface area contributed by atoms with Crippen molar-refractivity contribution in [2.75, 3.05) is 36.0 Å². The molecule has 0 N–H and O–H groups in total. The van der Waals surface area contributed by atoms with Crippen LogP contribution in [0.2, 0.25) is 0 Å². The molecule has 0 atom stereocenters. The Hall–Kier alpha value is -3.24. The first-order chi connectivity index (χ1) is 15.3. The Morgan fingerprint density at radius 3 is 1.22 bits per heavy atom. The minimum absolute atomic E-state index is 0.211. The van der Waals surface area contributed by atoms with Gasteiger partial charge in [-0.2, -0.15) is 16.8 Å². The highest BCUT2D eigenvalue weighted by molar-refractivity contribution is 7.71. The van der Waals surface area contributed by atoms with Gasteiger partial charge < -0.3 is 9.80 Å². The molecule has 2 rings (SSSR count). The van der Waals surface area contributed by atoms with Gasteiger partial charge in [0.25, 0.3) is 0 Å². The van der Waals surface area contributed by atoms with Crippen LogP contribution in [0.1, 0.15) is 34.6 Å². The smallest absolute Gasteiger partial charge is 0.233 e. The largest absolute Gasteiger partial charge is 0.367 e. The van der Waals surface area contributed by atoms with Crippen molar-refractivity contribution in [3.8, 4) is 0 Å². The van der Waals surface area contributed by atoms with Gasteiger partial charge in [-0.3, -0.25) is 9.59 Å². The molecule has 0 heterocycles. The molecule has 0 aliphatic rings. The van der Waals surface area contributed by atoms with Crippen LogP contribution in [0.3, 0.4) is 0 Å². The summed E-state index contributed by atoms with van der Waals surface area (Å²) in [5.41, 5.74) is 1.94. The minimum Gasteiger partial charge on any atom is -0.367 e. The van der Waals surface area contributed by atoms with Crippen LogP contribution in [0.5, 0.6) is 0 Å². The first-order valence-corrected chi connectivity index (χ1v) is 12.2. The predicted octanol–water partition coefficient (Wildman–Crippen LogP) is 1.77. The fraction of sp³-hybridized carbons (Fsp3) is 0.273. The zero-order valence-electron chi connectivity index (χ0n) is 17.8. The zero-order chi connectivity index (χ0) is 23.7. The van der Waals surface area contributed by atoms with Gasteiger partial charge in [0, 0.05) is 35.6 Å². The molecule has 2 aromatic carbocycles. The normalized spacial score (nSPS) is 10.2. The van der Waals surface area contributed by atoms with E-state index in [9.17, 15) is 26.4 Å². The van der Waals surface area contributed by atoms with Crippen LogP contribution in [-0.2, 0) is 20.6 Å². The van der Waals surface area contributed by atoms with Crippen LogP contribution in [0.25, 0.3) is 0 Å². The molecule has 0 radical (unpaired) electrons. The molecule has 8 nitrogen and oxygen atoms in total. The summed E-state index contributed by atoms with van der Waals surface area (Å²) in [6.07, 6.45) is 0. The van der Waals surface area contributed by atoms with E-state index in [-0.39, 0.29) is 24.2 Å². The van der Waals surface area contributed by atoms with Crippen molar-refractivity contribution in [2.24, 2.45) is 0 Å². The highest BCUT2D eigenvalue weighted by Gasteiger charge is 2.19. The van der Waals surface area contributed by atoms with E-state index in [1.165, 1.54) is 0 Å². The molecule has 0 fully saturated rings. The van der Waals surface area contributed by atoms with E-state index < -0.39 is 32.2 Å². The van der Waals surface area contributed by atoms with Crippen LogP contribution in [0.4, 0.5) is 11.4 Å². The van der Waals surface area contributed by atoms with Gasteiger partial charge in [0.2, 0.25) is 32.2 Å². The van der Waals surface area contributed by atoms with E-state index >= 15 is 0 Å². The molecule has 0 aromatic heterocycles. The van der Waals surface area contributed by atoms with Gasteiger partial charge in [-0.25, -0.2) is 0 Å². The van der Waals surface area contributed by atoms with Crippen LogP contribution >= 0.6 is 0 Å². The number of carbonyl (C=O) groups is 2. The molecule has 0 saturated carbocycles. The van der Waals surface area contributed by atoms with Gasteiger partial charge in [-0.1, -0.05) is 0 Å². The highest BCUT2D eigenvalue weighted by Crippen LogP contribution is 2.18. The molecule has 10 heteroatoms. The summed E-state index contributed by atoms with van der Waals surface area (Å²) in [5, 5.41) is 2.29. The first-order valence-electron chi connectivity index (χ1n) is 9.88. The van der Waals surface area contributed by atoms with E-state index in [0.29, 0.717) is 13.1 Å². The minimum atomic E-state index is -2.26. The summed E-state index contributed by atoms with van der Waals surface area (Å²) in [6.45, 7) is 5.33. The molecule has 0 bridgehead atoms. The lowest BCUT2D eigenvalue weighted by atomic mass is 10.0.